The molecule has 2 aliphatic carbocycles. The topological polar surface area (TPSA) is 52.6 Å². The lowest BCUT2D eigenvalue weighted by Crippen LogP contribution is -2.47. The Hall–Kier alpha value is -1.55. The van der Waals surface area contributed by atoms with Crippen LogP contribution in [0.3, 0.4) is 0 Å². The highest BCUT2D eigenvalue weighted by atomic mass is 16.3. The molecule has 2 saturated carbocycles. The zero-order chi connectivity index (χ0) is 15.4. The molecule has 0 unspecified atom stereocenters. The summed E-state index contributed by atoms with van der Waals surface area (Å²) in [5.74, 6) is 0. The van der Waals surface area contributed by atoms with Crippen molar-refractivity contribution in [1.29, 1.82) is 0 Å². The fourth-order valence-electron chi connectivity index (χ4n) is 3.70. The quantitative estimate of drug-likeness (QED) is 0.849. The van der Waals surface area contributed by atoms with Crippen LogP contribution < -0.4 is 5.32 Å². The third-order valence-electron chi connectivity index (χ3n) is 5.11. The molecule has 0 aromatic heterocycles. The molecule has 0 atom stereocenters. The first-order valence-electron chi connectivity index (χ1n) is 8.46. The number of carbonyl (C=O) groups is 1. The van der Waals surface area contributed by atoms with Crippen LogP contribution in [0.2, 0.25) is 0 Å². The molecule has 0 spiro atoms. The molecule has 0 radical (unpaired) electrons. The van der Waals surface area contributed by atoms with Crippen molar-refractivity contribution in [2.45, 2.75) is 50.0 Å². The van der Waals surface area contributed by atoms with Gasteiger partial charge < -0.3 is 15.3 Å². The van der Waals surface area contributed by atoms with Gasteiger partial charge in [0.25, 0.3) is 0 Å². The van der Waals surface area contributed by atoms with Crippen LogP contribution >= 0.6 is 0 Å². The summed E-state index contributed by atoms with van der Waals surface area (Å²) in [7, 11) is 0. The summed E-state index contributed by atoms with van der Waals surface area (Å²) in [5, 5.41) is 12.3. The largest absolute Gasteiger partial charge is 0.395 e. The van der Waals surface area contributed by atoms with Gasteiger partial charge in [-0.25, -0.2) is 4.79 Å². The van der Waals surface area contributed by atoms with Crippen molar-refractivity contribution >= 4 is 6.03 Å². The van der Waals surface area contributed by atoms with E-state index in [2.05, 4.69) is 29.6 Å². The first-order chi connectivity index (χ1) is 10.7. The zero-order valence-electron chi connectivity index (χ0n) is 13.1. The fourth-order valence-corrected chi connectivity index (χ4v) is 3.70. The molecule has 0 bridgehead atoms. The minimum Gasteiger partial charge on any atom is -0.395 e. The molecule has 2 amide bonds. The first kappa shape index (κ1) is 15.3. The molecule has 2 aliphatic rings. The van der Waals surface area contributed by atoms with E-state index in [-0.39, 0.29) is 18.1 Å². The van der Waals surface area contributed by atoms with Crippen molar-refractivity contribution < 1.29 is 9.90 Å². The Balaban J connectivity index is 1.66. The van der Waals surface area contributed by atoms with Gasteiger partial charge in [-0.3, -0.25) is 0 Å². The molecule has 22 heavy (non-hydrogen) atoms. The Morgan fingerprint density at radius 2 is 1.91 bits per heavy atom. The number of rotatable bonds is 6. The predicted octanol–water partition coefficient (Wildman–Crippen LogP) is 2.66. The van der Waals surface area contributed by atoms with Gasteiger partial charge in [0.2, 0.25) is 0 Å². The van der Waals surface area contributed by atoms with Gasteiger partial charge in [0.05, 0.1) is 6.61 Å². The molecular weight excluding hydrogens is 276 g/mol. The zero-order valence-corrected chi connectivity index (χ0v) is 13.1. The Kier molecular flexibility index (Phi) is 4.67. The lowest BCUT2D eigenvalue weighted by Gasteiger charge is -2.31. The van der Waals surface area contributed by atoms with Crippen LogP contribution in [0.4, 0.5) is 4.79 Å². The summed E-state index contributed by atoms with van der Waals surface area (Å²) in [6.07, 6.45) is 6.87. The first-order valence-corrected chi connectivity index (χ1v) is 8.46. The Morgan fingerprint density at radius 1 is 1.23 bits per heavy atom. The van der Waals surface area contributed by atoms with Crippen LogP contribution in [0, 0.1) is 0 Å². The Labute approximate surface area is 132 Å². The third kappa shape index (κ3) is 3.27. The summed E-state index contributed by atoms with van der Waals surface area (Å²) in [5.41, 5.74) is 1.43. The van der Waals surface area contributed by atoms with E-state index in [1.165, 1.54) is 18.4 Å². The van der Waals surface area contributed by atoms with Gasteiger partial charge in [-0.1, -0.05) is 43.2 Å². The summed E-state index contributed by atoms with van der Waals surface area (Å²) in [4.78, 5) is 14.2. The third-order valence-corrected chi connectivity index (χ3v) is 5.11. The standard InChI is InChI=1S/C18H26N2O2/c21-13-12-20(16-8-9-16)17(22)19-14-18(10-4-5-11-18)15-6-2-1-3-7-15/h1-3,6-7,16,21H,4-5,8-14H2,(H,19,22). The number of benzene rings is 1. The normalized spacial score (nSPS) is 19.9. The molecule has 2 fully saturated rings. The second-order valence-corrected chi connectivity index (χ2v) is 6.66. The lowest BCUT2D eigenvalue weighted by molar-refractivity contribution is 0.171. The van der Waals surface area contributed by atoms with Crippen LogP contribution in [-0.2, 0) is 5.41 Å². The number of aliphatic hydroxyl groups is 1. The second-order valence-electron chi connectivity index (χ2n) is 6.66. The summed E-state index contributed by atoms with van der Waals surface area (Å²) in [6.45, 7) is 1.17. The summed E-state index contributed by atoms with van der Waals surface area (Å²) < 4.78 is 0. The molecular formula is C18H26N2O2. The summed E-state index contributed by atoms with van der Waals surface area (Å²) in [6, 6.07) is 10.9. The number of hydrogen-bond acceptors (Lipinski definition) is 2. The van der Waals surface area contributed by atoms with Crippen molar-refractivity contribution in [3.63, 3.8) is 0 Å². The van der Waals surface area contributed by atoms with E-state index < -0.39 is 0 Å². The average molecular weight is 302 g/mol. The maximum atomic E-state index is 12.4. The highest BCUT2D eigenvalue weighted by molar-refractivity contribution is 5.75. The average Bonchev–Trinajstić information content (AvgIpc) is 3.28. The molecule has 0 heterocycles. The molecule has 4 nitrogen and oxygen atoms in total. The molecule has 2 N–H and O–H groups in total. The molecule has 3 rings (SSSR count). The van der Waals surface area contributed by atoms with E-state index in [0.29, 0.717) is 19.1 Å². The van der Waals surface area contributed by atoms with E-state index in [4.69, 9.17) is 5.11 Å². The highest BCUT2D eigenvalue weighted by Gasteiger charge is 2.37. The molecule has 1 aromatic carbocycles. The maximum absolute atomic E-state index is 12.4. The molecule has 120 valence electrons. The number of hydrogen-bond donors (Lipinski definition) is 2. The van der Waals surface area contributed by atoms with E-state index in [0.717, 1.165) is 25.7 Å². The number of nitrogens with one attached hydrogen (secondary N) is 1. The second kappa shape index (κ2) is 6.69. The van der Waals surface area contributed by atoms with Crippen molar-refractivity contribution in [1.82, 2.24) is 10.2 Å². The molecule has 1 aromatic rings. The Bertz CT molecular complexity index is 493. The van der Waals surface area contributed by atoms with E-state index >= 15 is 0 Å². The highest BCUT2D eigenvalue weighted by Crippen LogP contribution is 2.40. The van der Waals surface area contributed by atoms with Crippen molar-refractivity contribution in [3.05, 3.63) is 35.9 Å². The van der Waals surface area contributed by atoms with Gasteiger partial charge in [-0.15, -0.1) is 0 Å². The Morgan fingerprint density at radius 3 is 2.50 bits per heavy atom. The number of nitrogens with zero attached hydrogens (tertiary/aromatic N) is 1. The van der Waals surface area contributed by atoms with Gasteiger partial charge >= 0.3 is 6.03 Å². The molecule has 4 heteroatoms. The van der Waals surface area contributed by atoms with E-state index in [9.17, 15) is 4.79 Å². The fraction of sp³-hybridized carbons (Fsp3) is 0.611. The SMILES string of the molecule is O=C(NCC1(c2ccccc2)CCCC1)N(CCO)C1CC1. The summed E-state index contributed by atoms with van der Waals surface area (Å²) >= 11 is 0. The molecule has 0 saturated heterocycles. The maximum Gasteiger partial charge on any atom is 0.317 e. The van der Waals surface area contributed by atoms with Crippen LogP contribution in [0.1, 0.15) is 44.1 Å². The van der Waals surface area contributed by atoms with Crippen molar-refractivity contribution in [2.24, 2.45) is 0 Å². The van der Waals surface area contributed by atoms with Crippen LogP contribution in [0.5, 0.6) is 0 Å². The van der Waals surface area contributed by atoms with Crippen LogP contribution in [0.15, 0.2) is 30.3 Å². The van der Waals surface area contributed by atoms with E-state index in [1.807, 2.05) is 6.07 Å². The van der Waals surface area contributed by atoms with E-state index in [1.54, 1.807) is 4.90 Å². The van der Waals surface area contributed by atoms with Gasteiger partial charge in [-0.05, 0) is 31.2 Å². The lowest BCUT2D eigenvalue weighted by atomic mass is 9.79. The van der Waals surface area contributed by atoms with Gasteiger partial charge in [0.15, 0.2) is 0 Å². The molecule has 0 aliphatic heterocycles. The smallest absolute Gasteiger partial charge is 0.317 e. The monoisotopic (exact) mass is 302 g/mol. The minimum absolute atomic E-state index is 0.0150. The van der Waals surface area contributed by atoms with Gasteiger partial charge in [0, 0.05) is 24.5 Å². The van der Waals surface area contributed by atoms with Crippen molar-refractivity contribution in [2.75, 3.05) is 19.7 Å². The van der Waals surface area contributed by atoms with Crippen molar-refractivity contribution in [3.8, 4) is 0 Å². The number of urea groups is 1. The number of aliphatic hydroxyl groups excluding tert-OH is 1. The van der Waals surface area contributed by atoms with Gasteiger partial charge in [-0.2, -0.15) is 0 Å². The minimum atomic E-state index is -0.0150. The van der Waals surface area contributed by atoms with Gasteiger partial charge in [0.1, 0.15) is 0 Å². The number of carbonyl (C=O) groups excluding carboxylic acids is 1. The predicted molar refractivity (Wildman–Crippen MR) is 86.8 cm³/mol. The van der Waals surface area contributed by atoms with Crippen LogP contribution in [0.25, 0.3) is 0 Å². The van der Waals surface area contributed by atoms with Crippen LogP contribution in [-0.4, -0.2) is 41.8 Å². The number of amides is 2.